The lowest BCUT2D eigenvalue weighted by molar-refractivity contribution is 1.34. The van der Waals surface area contributed by atoms with E-state index in [1.54, 1.807) is 0 Å². The lowest BCUT2D eigenvalue weighted by atomic mass is 9.93. The highest BCUT2D eigenvalue weighted by atomic mass is 14.1. The second-order valence-electron chi connectivity index (χ2n) is 4.69. The summed E-state index contributed by atoms with van der Waals surface area (Å²) < 4.78 is 0. The van der Waals surface area contributed by atoms with Crippen LogP contribution >= 0.6 is 0 Å². The minimum Gasteiger partial charge on any atom is -0.0616 e. The second-order valence-corrected chi connectivity index (χ2v) is 4.69. The van der Waals surface area contributed by atoms with Crippen LogP contribution in [0, 0.1) is 19.9 Å². The van der Waals surface area contributed by atoms with Crippen molar-refractivity contribution in [2.24, 2.45) is 0 Å². The van der Waals surface area contributed by atoms with Crippen molar-refractivity contribution in [1.29, 1.82) is 0 Å². The zero-order valence-electron chi connectivity index (χ0n) is 10.7. The Labute approximate surface area is 108 Å². The maximum absolute atomic E-state index is 3.39. The number of hydrogen-bond acceptors (Lipinski definition) is 0. The fourth-order valence-corrected chi connectivity index (χ4v) is 2.40. The molecule has 0 spiro atoms. The van der Waals surface area contributed by atoms with Gasteiger partial charge < -0.3 is 0 Å². The predicted octanol–water partition coefficient (Wildman–Crippen LogP) is 4.92. The van der Waals surface area contributed by atoms with Crippen LogP contribution in [0.25, 0.3) is 21.9 Å². The quantitative estimate of drug-likeness (QED) is 0.557. The van der Waals surface area contributed by atoms with Gasteiger partial charge in [-0.15, -0.1) is 0 Å². The molecule has 0 fully saturated rings. The molecule has 0 aliphatic carbocycles. The van der Waals surface area contributed by atoms with Crippen molar-refractivity contribution in [2.45, 2.75) is 13.8 Å². The third-order valence-electron chi connectivity index (χ3n) is 3.59. The summed E-state index contributed by atoms with van der Waals surface area (Å²) in [4.78, 5) is 0. The molecule has 18 heavy (non-hydrogen) atoms. The van der Waals surface area contributed by atoms with Crippen LogP contribution in [0.4, 0.5) is 0 Å². The van der Waals surface area contributed by atoms with Gasteiger partial charge in [-0.3, -0.25) is 0 Å². The fourth-order valence-electron chi connectivity index (χ4n) is 2.40. The summed E-state index contributed by atoms with van der Waals surface area (Å²) in [7, 11) is 0. The molecule has 0 heterocycles. The van der Waals surface area contributed by atoms with E-state index >= 15 is 0 Å². The molecule has 1 radical (unpaired) electrons. The third kappa shape index (κ3) is 1.70. The summed E-state index contributed by atoms with van der Waals surface area (Å²) in [5, 5.41) is 2.58. The molecule has 0 atom stereocenters. The lowest BCUT2D eigenvalue weighted by Gasteiger charge is -2.11. The molecule has 0 aliphatic heterocycles. The van der Waals surface area contributed by atoms with Crippen LogP contribution in [0.5, 0.6) is 0 Å². The smallest absolute Gasteiger partial charge is 0.00670 e. The van der Waals surface area contributed by atoms with Crippen molar-refractivity contribution >= 4 is 10.8 Å². The summed E-state index contributed by atoms with van der Waals surface area (Å²) >= 11 is 0. The Bertz CT molecular complexity index is 703. The molecule has 0 amide bonds. The van der Waals surface area contributed by atoms with Crippen molar-refractivity contribution < 1.29 is 0 Å². The van der Waals surface area contributed by atoms with E-state index in [4.69, 9.17) is 0 Å². The van der Waals surface area contributed by atoms with Gasteiger partial charge in [-0.25, -0.2) is 0 Å². The van der Waals surface area contributed by atoms with Crippen LogP contribution in [0.2, 0.25) is 0 Å². The molecule has 0 aliphatic rings. The Morgan fingerprint density at radius 3 is 2.50 bits per heavy atom. The number of hydrogen-bond donors (Lipinski definition) is 0. The highest BCUT2D eigenvalue weighted by Gasteiger charge is 2.07. The Kier molecular flexibility index (Phi) is 2.64. The Balaban J connectivity index is 2.35. The SMILES string of the molecule is Cc1cc[c]c(-c2cccc3ccccc23)c1C. The van der Waals surface area contributed by atoms with E-state index in [9.17, 15) is 0 Å². The van der Waals surface area contributed by atoms with Crippen LogP contribution in [0.1, 0.15) is 11.1 Å². The predicted molar refractivity (Wildman–Crippen MR) is 77.7 cm³/mol. The second kappa shape index (κ2) is 4.30. The van der Waals surface area contributed by atoms with Crippen molar-refractivity contribution in [2.75, 3.05) is 0 Å². The Hall–Kier alpha value is -2.08. The van der Waals surface area contributed by atoms with Gasteiger partial charge in [0.25, 0.3) is 0 Å². The molecule has 87 valence electrons. The van der Waals surface area contributed by atoms with Crippen LogP contribution in [0.15, 0.2) is 54.6 Å². The molecule has 0 aromatic heterocycles. The molecule has 3 rings (SSSR count). The van der Waals surface area contributed by atoms with Crippen LogP contribution in [0.3, 0.4) is 0 Å². The van der Waals surface area contributed by atoms with Gasteiger partial charge in [-0.1, -0.05) is 54.6 Å². The maximum atomic E-state index is 3.39. The minimum atomic E-state index is 1.21. The third-order valence-corrected chi connectivity index (χ3v) is 3.59. The number of benzene rings is 3. The normalized spacial score (nSPS) is 10.8. The Morgan fingerprint density at radius 2 is 1.61 bits per heavy atom. The zero-order valence-corrected chi connectivity index (χ0v) is 10.7. The first-order valence-corrected chi connectivity index (χ1v) is 6.23. The summed E-state index contributed by atoms with van der Waals surface area (Å²) in [6, 6.07) is 22.5. The minimum absolute atomic E-state index is 1.21. The van der Waals surface area contributed by atoms with E-state index < -0.39 is 0 Å². The molecule has 3 aromatic rings. The first kappa shape index (κ1) is 11.0. The highest BCUT2D eigenvalue weighted by molar-refractivity contribution is 5.97. The molecule has 0 bridgehead atoms. The monoisotopic (exact) mass is 231 g/mol. The zero-order chi connectivity index (χ0) is 12.5. The average molecular weight is 231 g/mol. The van der Waals surface area contributed by atoms with E-state index in [1.807, 2.05) is 6.07 Å². The fraction of sp³-hybridized carbons (Fsp3) is 0.111. The number of aryl methyl sites for hydroxylation is 1. The molecule has 0 saturated heterocycles. The summed E-state index contributed by atoms with van der Waals surface area (Å²) in [6.07, 6.45) is 0. The summed E-state index contributed by atoms with van der Waals surface area (Å²) in [5.41, 5.74) is 5.12. The topological polar surface area (TPSA) is 0 Å². The van der Waals surface area contributed by atoms with Crippen LogP contribution in [-0.2, 0) is 0 Å². The molecule has 0 nitrogen and oxygen atoms in total. The van der Waals surface area contributed by atoms with E-state index in [0.717, 1.165) is 0 Å². The van der Waals surface area contributed by atoms with E-state index in [0.29, 0.717) is 0 Å². The van der Waals surface area contributed by atoms with Gasteiger partial charge in [0.15, 0.2) is 0 Å². The van der Waals surface area contributed by atoms with Crippen molar-refractivity contribution in [3.8, 4) is 11.1 Å². The lowest BCUT2D eigenvalue weighted by Crippen LogP contribution is -1.88. The summed E-state index contributed by atoms with van der Waals surface area (Å²) in [6.45, 7) is 4.32. The molecule has 0 N–H and O–H groups in total. The molecular weight excluding hydrogens is 216 g/mol. The van der Waals surface area contributed by atoms with Gasteiger partial charge in [0.2, 0.25) is 0 Å². The first-order chi connectivity index (χ1) is 8.77. The first-order valence-electron chi connectivity index (χ1n) is 6.23. The van der Waals surface area contributed by atoms with Gasteiger partial charge >= 0.3 is 0 Å². The largest absolute Gasteiger partial charge is 0.0616 e. The van der Waals surface area contributed by atoms with Crippen molar-refractivity contribution in [1.82, 2.24) is 0 Å². The van der Waals surface area contributed by atoms with Gasteiger partial charge in [-0.05, 0) is 52.9 Å². The van der Waals surface area contributed by atoms with Gasteiger partial charge in [0, 0.05) is 0 Å². The number of fused-ring (bicyclic) bond motifs is 1. The standard InChI is InChI=1S/C18H15/c1-13-7-5-11-16(14(13)2)18-12-6-9-15-8-3-4-10-17(15)18/h3-10,12H,1-2H3. The molecule has 0 unspecified atom stereocenters. The molecular formula is C18H15. The molecule has 0 heteroatoms. The Morgan fingerprint density at radius 1 is 0.833 bits per heavy atom. The van der Waals surface area contributed by atoms with Crippen LogP contribution in [-0.4, -0.2) is 0 Å². The van der Waals surface area contributed by atoms with Crippen LogP contribution < -0.4 is 0 Å². The molecule has 3 aromatic carbocycles. The van der Waals surface area contributed by atoms with E-state index in [-0.39, 0.29) is 0 Å². The summed E-state index contributed by atoms with van der Waals surface area (Å²) in [5.74, 6) is 0. The molecule has 0 saturated carbocycles. The van der Waals surface area contributed by atoms with E-state index in [1.165, 1.54) is 33.0 Å². The van der Waals surface area contributed by atoms with E-state index in [2.05, 4.69) is 68.4 Å². The van der Waals surface area contributed by atoms with Gasteiger partial charge in [-0.2, -0.15) is 0 Å². The average Bonchev–Trinajstić information content (AvgIpc) is 2.41. The van der Waals surface area contributed by atoms with Gasteiger partial charge in [0.1, 0.15) is 0 Å². The maximum Gasteiger partial charge on any atom is -0.00670 e. The van der Waals surface area contributed by atoms with Gasteiger partial charge in [0.05, 0.1) is 0 Å². The van der Waals surface area contributed by atoms with Crippen molar-refractivity contribution in [3.05, 3.63) is 71.8 Å². The van der Waals surface area contributed by atoms with Crippen molar-refractivity contribution in [3.63, 3.8) is 0 Å². The highest BCUT2D eigenvalue weighted by Crippen LogP contribution is 2.31. The number of rotatable bonds is 1.